The summed E-state index contributed by atoms with van der Waals surface area (Å²) in [6.07, 6.45) is 1.65. The number of pyridine rings is 1. The number of hydrogen-bond donors (Lipinski definition) is 1. The Balaban J connectivity index is 1.55. The highest BCUT2D eigenvalue weighted by Crippen LogP contribution is 2.34. The summed E-state index contributed by atoms with van der Waals surface area (Å²) < 4.78 is 17.3. The molecule has 3 aromatic rings. The third-order valence-corrected chi connectivity index (χ3v) is 4.38. The first kappa shape index (κ1) is 17.7. The molecule has 0 saturated heterocycles. The maximum atomic E-state index is 12.8. The summed E-state index contributed by atoms with van der Waals surface area (Å²) in [7, 11) is 1.59. The molecule has 0 radical (unpaired) electrons. The number of methoxy groups -OCH3 is 1. The zero-order valence-corrected chi connectivity index (χ0v) is 15.2. The van der Waals surface area contributed by atoms with E-state index in [0.717, 1.165) is 5.56 Å². The van der Waals surface area contributed by atoms with Gasteiger partial charge in [0, 0.05) is 18.0 Å². The molecule has 0 spiro atoms. The first-order valence-electron chi connectivity index (χ1n) is 8.67. The van der Waals surface area contributed by atoms with Gasteiger partial charge in [-0.25, -0.2) is 0 Å². The number of rotatable bonds is 5. The Morgan fingerprint density at radius 1 is 1.11 bits per heavy atom. The lowest BCUT2D eigenvalue weighted by Crippen LogP contribution is -2.29. The summed E-state index contributed by atoms with van der Waals surface area (Å²) in [5, 5.41) is 2.73. The lowest BCUT2D eigenvalue weighted by molar-refractivity contribution is 0.102. The van der Waals surface area contributed by atoms with Gasteiger partial charge in [0.1, 0.15) is 11.3 Å². The molecule has 1 aliphatic rings. The van der Waals surface area contributed by atoms with Gasteiger partial charge in [0.15, 0.2) is 11.5 Å². The van der Waals surface area contributed by atoms with Crippen LogP contribution in [0.3, 0.4) is 0 Å². The van der Waals surface area contributed by atoms with Crippen molar-refractivity contribution in [2.24, 2.45) is 0 Å². The van der Waals surface area contributed by atoms with Crippen LogP contribution in [0.5, 0.6) is 17.2 Å². The van der Waals surface area contributed by atoms with Gasteiger partial charge in [-0.15, -0.1) is 0 Å². The molecular formula is C21H18N2O5. The fraction of sp³-hybridized carbons (Fsp3) is 0.143. The van der Waals surface area contributed by atoms with Gasteiger partial charge in [-0.1, -0.05) is 12.1 Å². The molecule has 1 aromatic heterocycles. The molecule has 7 nitrogen and oxygen atoms in total. The van der Waals surface area contributed by atoms with Crippen molar-refractivity contribution in [1.82, 2.24) is 4.57 Å². The highest BCUT2D eigenvalue weighted by atomic mass is 16.7. The molecule has 0 fully saturated rings. The van der Waals surface area contributed by atoms with Crippen LogP contribution in [0.1, 0.15) is 15.9 Å². The van der Waals surface area contributed by atoms with E-state index in [1.165, 1.54) is 10.6 Å². The van der Waals surface area contributed by atoms with E-state index in [0.29, 0.717) is 29.5 Å². The Kier molecular flexibility index (Phi) is 4.72. The molecule has 0 atom stereocenters. The maximum Gasteiger partial charge on any atom is 0.263 e. The van der Waals surface area contributed by atoms with Crippen molar-refractivity contribution < 1.29 is 19.0 Å². The molecule has 0 saturated carbocycles. The number of nitrogens with zero attached hydrogens (tertiary/aromatic N) is 1. The fourth-order valence-corrected chi connectivity index (χ4v) is 2.97. The molecule has 1 aliphatic heterocycles. The van der Waals surface area contributed by atoms with Gasteiger partial charge in [-0.05, 0) is 42.0 Å². The highest BCUT2D eigenvalue weighted by Gasteiger charge is 2.16. The van der Waals surface area contributed by atoms with Gasteiger partial charge in [0.25, 0.3) is 11.5 Å². The SMILES string of the molecule is COc1cccc(Cn2cccc(C(=O)Nc3ccc4c(c3)OCO4)c2=O)c1. The summed E-state index contributed by atoms with van der Waals surface area (Å²) in [5.41, 5.74) is 1.11. The topological polar surface area (TPSA) is 78.8 Å². The normalized spacial score (nSPS) is 11.9. The van der Waals surface area contributed by atoms with Crippen molar-refractivity contribution in [1.29, 1.82) is 0 Å². The Morgan fingerprint density at radius 3 is 2.82 bits per heavy atom. The minimum Gasteiger partial charge on any atom is -0.497 e. The molecule has 0 unspecified atom stereocenters. The van der Waals surface area contributed by atoms with E-state index in [9.17, 15) is 9.59 Å². The molecule has 142 valence electrons. The number of amides is 1. The molecule has 2 aromatic carbocycles. The van der Waals surface area contributed by atoms with Gasteiger partial charge in [-0.2, -0.15) is 0 Å². The third-order valence-electron chi connectivity index (χ3n) is 4.38. The molecule has 0 bridgehead atoms. The Hall–Kier alpha value is -3.74. The van der Waals surface area contributed by atoms with Crippen LogP contribution in [0.25, 0.3) is 0 Å². The van der Waals surface area contributed by atoms with Crippen molar-refractivity contribution in [2.75, 3.05) is 19.2 Å². The summed E-state index contributed by atoms with van der Waals surface area (Å²) in [6, 6.07) is 15.7. The zero-order valence-electron chi connectivity index (χ0n) is 15.2. The van der Waals surface area contributed by atoms with Crippen molar-refractivity contribution >= 4 is 11.6 Å². The van der Waals surface area contributed by atoms with Crippen LogP contribution in [0, 0.1) is 0 Å². The van der Waals surface area contributed by atoms with Crippen LogP contribution < -0.4 is 25.1 Å². The van der Waals surface area contributed by atoms with E-state index in [-0.39, 0.29) is 17.9 Å². The predicted octanol–water partition coefficient (Wildman–Crippen LogP) is 2.89. The largest absolute Gasteiger partial charge is 0.497 e. The second-order valence-electron chi connectivity index (χ2n) is 6.23. The van der Waals surface area contributed by atoms with E-state index >= 15 is 0 Å². The first-order chi connectivity index (χ1) is 13.6. The van der Waals surface area contributed by atoms with Crippen LogP contribution >= 0.6 is 0 Å². The van der Waals surface area contributed by atoms with Crippen molar-refractivity contribution in [2.45, 2.75) is 6.54 Å². The van der Waals surface area contributed by atoms with Crippen LogP contribution in [0.4, 0.5) is 5.69 Å². The van der Waals surface area contributed by atoms with E-state index in [1.54, 1.807) is 37.6 Å². The second kappa shape index (κ2) is 7.48. The minimum atomic E-state index is -0.483. The van der Waals surface area contributed by atoms with Crippen molar-refractivity contribution in [3.8, 4) is 17.2 Å². The van der Waals surface area contributed by atoms with Gasteiger partial charge >= 0.3 is 0 Å². The van der Waals surface area contributed by atoms with Gasteiger partial charge in [0.05, 0.1) is 13.7 Å². The molecule has 2 heterocycles. The predicted molar refractivity (Wildman–Crippen MR) is 103 cm³/mol. The number of carbonyl (C=O) groups is 1. The number of benzene rings is 2. The number of ether oxygens (including phenoxy) is 3. The lowest BCUT2D eigenvalue weighted by atomic mass is 10.2. The Bertz CT molecular complexity index is 1090. The van der Waals surface area contributed by atoms with Crippen LogP contribution in [0.15, 0.2) is 65.6 Å². The molecule has 4 rings (SSSR count). The summed E-state index contributed by atoms with van der Waals surface area (Å²) in [6.45, 7) is 0.488. The fourth-order valence-electron chi connectivity index (χ4n) is 2.97. The Labute approximate surface area is 161 Å². The van der Waals surface area contributed by atoms with E-state index in [2.05, 4.69) is 5.32 Å². The standard InChI is InChI=1S/C21H18N2O5/c1-26-16-5-2-4-14(10-16)12-23-9-3-6-17(21(23)25)20(24)22-15-7-8-18-19(11-15)28-13-27-18/h2-11H,12-13H2,1H3,(H,22,24). The number of hydrogen-bond acceptors (Lipinski definition) is 5. The average Bonchev–Trinajstić information content (AvgIpc) is 3.17. The Morgan fingerprint density at radius 2 is 1.96 bits per heavy atom. The maximum absolute atomic E-state index is 12.8. The molecule has 1 amide bonds. The zero-order chi connectivity index (χ0) is 19.5. The average molecular weight is 378 g/mol. The highest BCUT2D eigenvalue weighted by molar-refractivity contribution is 6.04. The molecular weight excluding hydrogens is 360 g/mol. The molecule has 0 aliphatic carbocycles. The molecule has 7 heteroatoms. The number of nitrogens with one attached hydrogen (secondary N) is 1. The van der Waals surface area contributed by atoms with Crippen LogP contribution in [-0.2, 0) is 6.54 Å². The van der Waals surface area contributed by atoms with Gasteiger partial charge < -0.3 is 24.1 Å². The van der Waals surface area contributed by atoms with Crippen LogP contribution in [-0.4, -0.2) is 24.4 Å². The quantitative estimate of drug-likeness (QED) is 0.739. The second-order valence-corrected chi connectivity index (χ2v) is 6.23. The van der Waals surface area contributed by atoms with E-state index in [4.69, 9.17) is 14.2 Å². The van der Waals surface area contributed by atoms with Gasteiger partial charge in [0.2, 0.25) is 6.79 Å². The summed E-state index contributed by atoms with van der Waals surface area (Å²) >= 11 is 0. The van der Waals surface area contributed by atoms with Crippen LogP contribution in [0.2, 0.25) is 0 Å². The number of carbonyl (C=O) groups excluding carboxylic acids is 1. The molecule has 28 heavy (non-hydrogen) atoms. The third kappa shape index (κ3) is 3.55. The summed E-state index contributed by atoms with van der Waals surface area (Å²) in [5.74, 6) is 1.41. The monoisotopic (exact) mass is 378 g/mol. The summed E-state index contributed by atoms with van der Waals surface area (Å²) in [4.78, 5) is 25.4. The van der Waals surface area contributed by atoms with Gasteiger partial charge in [-0.3, -0.25) is 9.59 Å². The van der Waals surface area contributed by atoms with E-state index in [1.807, 2.05) is 24.3 Å². The smallest absolute Gasteiger partial charge is 0.263 e. The van der Waals surface area contributed by atoms with Crippen molar-refractivity contribution in [3.05, 3.63) is 82.3 Å². The number of aromatic nitrogens is 1. The lowest BCUT2D eigenvalue weighted by Gasteiger charge is -2.10. The number of anilines is 1. The molecule has 1 N–H and O–H groups in total. The number of fused-ring (bicyclic) bond motifs is 1. The van der Waals surface area contributed by atoms with E-state index < -0.39 is 5.91 Å². The minimum absolute atomic E-state index is 0.0584. The van der Waals surface area contributed by atoms with Crippen molar-refractivity contribution in [3.63, 3.8) is 0 Å². The first-order valence-corrected chi connectivity index (χ1v) is 8.67.